The Labute approximate surface area is 67.2 Å². The van der Waals surface area contributed by atoms with Crippen molar-refractivity contribution < 1.29 is 4.39 Å². The van der Waals surface area contributed by atoms with Crippen molar-refractivity contribution in [2.45, 2.75) is 0 Å². The summed E-state index contributed by atoms with van der Waals surface area (Å²) in [6.45, 7) is 0. The molecule has 0 N–H and O–H groups in total. The van der Waals surface area contributed by atoms with Gasteiger partial charge in [0, 0.05) is 0 Å². The van der Waals surface area contributed by atoms with Gasteiger partial charge in [-0.05, 0) is 34.3 Å². The second-order valence-electron chi connectivity index (χ2n) is 1.74. The van der Waals surface area contributed by atoms with Gasteiger partial charge in [0.25, 0.3) is 0 Å². The van der Waals surface area contributed by atoms with E-state index in [0.717, 1.165) is 5.59 Å². The Kier molecular flexibility index (Phi) is 2.05. The molecule has 0 saturated carbocycles. The van der Waals surface area contributed by atoms with Gasteiger partial charge in [0.05, 0.1) is 9.77 Å². The van der Waals surface area contributed by atoms with Crippen LogP contribution >= 0.6 is 22.6 Å². The molecule has 1 aromatic rings. The molecule has 0 radical (unpaired) electrons. The van der Waals surface area contributed by atoms with Gasteiger partial charge in [0.15, 0.2) is 13.7 Å². The third-order valence-corrected chi connectivity index (χ3v) is 1.77. The summed E-state index contributed by atoms with van der Waals surface area (Å²) >= 11 is 1.93. The number of hydrogen-bond acceptors (Lipinski definition) is 1. The third-order valence-electron chi connectivity index (χ3n) is 0.945. The maximum absolute atomic E-state index is 12.4. The highest BCUT2D eigenvalue weighted by atomic mass is 127. The Hall–Kier alpha value is -0.125. The average Bonchev–Trinajstić information content (AvgIpc) is 1.80. The first-order valence-electron chi connectivity index (χ1n) is 2.48. The van der Waals surface area contributed by atoms with E-state index in [1.807, 2.05) is 30.4 Å². The number of aromatic nitrogens is 1. The lowest BCUT2D eigenvalue weighted by atomic mass is 10.0. The van der Waals surface area contributed by atoms with Crippen molar-refractivity contribution in [3.05, 3.63) is 21.7 Å². The fraction of sp³-hybridized carbons (Fsp3) is 0. The van der Waals surface area contributed by atoms with Crippen molar-refractivity contribution in [2.24, 2.45) is 0 Å². The molecule has 0 aliphatic rings. The quantitative estimate of drug-likeness (QED) is 0.458. The molecule has 0 aliphatic heterocycles. The van der Waals surface area contributed by atoms with Gasteiger partial charge in [0.2, 0.25) is 0 Å². The first kappa shape index (κ1) is 6.99. The lowest BCUT2D eigenvalue weighted by Gasteiger charge is -1.92. The highest BCUT2D eigenvalue weighted by Crippen LogP contribution is 2.04. The summed E-state index contributed by atoms with van der Waals surface area (Å²) in [6, 6.07) is 1.70. The first-order valence-corrected chi connectivity index (χ1v) is 3.55. The van der Waals surface area contributed by atoms with Crippen molar-refractivity contribution in [3.8, 4) is 0 Å². The van der Waals surface area contributed by atoms with Crippen LogP contribution in [0.3, 0.4) is 0 Å². The molecule has 0 fully saturated rings. The van der Waals surface area contributed by atoms with Gasteiger partial charge < -0.3 is 0 Å². The Morgan fingerprint density at radius 3 is 2.78 bits per heavy atom. The second kappa shape index (κ2) is 2.64. The Morgan fingerprint density at radius 2 is 2.33 bits per heavy atom. The molecular formula is C5H4BFIN. The minimum absolute atomic E-state index is 0.249. The molecule has 46 valence electrons. The molecule has 0 bridgehead atoms. The van der Waals surface area contributed by atoms with Gasteiger partial charge in [-0.25, -0.2) is 4.39 Å². The van der Waals surface area contributed by atoms with Crippen molar-refractivity contribution in [1.29, 1.82) is 0 Å². The van der Waals surface area contributed by atoms with E-state index in [4.69, 9.17) is 0 Å². The van der Waals surface area contributed by atoms with E-state index in [-0.39, 0.29) is 5.82 Å². The molecule has 0 atom stereocenters. The Balaban J connectivity index is 3.17. The highest BCUT2D eigenvalue weighted by Gasteiger charge is 1.96. The van der Waals surface area contributed by atoms with Gasteiger partial charge in [0.1, 0.15) is 0 Å². The van der Waals surface area contributed by atoms with Crippen molar-refractivity contribution in [2.75, 3.05) is 0 Å². The molecule has 0 aromatic carbocycles. The number of pyridine rings is 1. The van der Waals surface area contributed by atoms with Crippen LogP contribution in [0.1, 0.15) is 0 Å². The smallest absolute Gasteiger partial charge is 0.163 e. The van der Waals surface area contributed by atoms with Crippen LogP contribution in [0, 0.1) is 9.39 Å². The molecule has 4 heteroatoms. The molecule has 9 heavy (non-hydrogen) atoms. The third kappa shape index (κ3) is 1.64. The van der Waals surface area contributed by atoms with Gasteiger partial charge in [-0.1, -0.05) is 0 Å². The van der Waals surface area contributed by atoms with Crippen molar-refractivity contribution in [1.82, 2.24) is 4.98 Å². The predicted octanol–water partition coefficient (Wildman–Crippen LogP) is 0.0837. The Bertz CT molecular complexity index is 228. The molecule has 0 spiro atoms. The van der Waals surface area contributed by atoms with Crippen molar-refractivity contribution >= 4 is 36.0 Å². The molecule has 0 aliphatic carbocycles. The number of halogens is 2. The topological polar surface area (TPSA) is 12.9 Å². The van der Waals surface area contributed by atoms with Crippen LogP contribution in [-0.4, -0.2) is 12.8 Å². The monoisotopic (exact) mass is 235 g/mol. The van der Waals surface area contributed by atoms with Gasteiger partial charge in [-0.15, -0.1) is 0 Å². The maximum Gasteiger partial charge on any atom is 0.163 e. The summed E-state index contributed by atoms with van der Waals surface area (Å²) in [5.74, 6) is -0.249. The summed E-state index contributed by atoms with van der Waals surface area (Å²) in [6.07, 6.45) is 1.23. The van der Waals surface area contributed by atoms with Gasteiger partial charge in [-0.3, -0.25) is 4.98 Å². The molecule has 1 heterocycles. The summed E-state index contributed by atoms with van der Waals surface area (Å²) in [5, 5.41) is 0. The van der Waals surface area contributed by atoms with Crippen LogP contribution in [0.2, 0.25) is 0 Å². The van der Waals surface area contributed by atoms with E-state index in [1.165, 1.54) is 6.20 Å². The molecule has 0 saturated heterocycles. The van der Waals surface area contributed by atoms with Crippen LogP contribution in [0.4, 0.5) is 4.39 Å². The van der Waals surface area contributed by atoms with Crippen LogP contribution in [0.5, 0.6) is 0 Å². The first-order chi connectivity index (χ1) is 4.20. The van der Waals surface area contributed by atoms with E-state index in [9.17, 15) is 4.39 Å². The highest BCUT2D eigenvalue weighted by molar-refractivity contribution is 14.1. The zero-order valence-corrected chi connectivity index (χ0v) is 7.02. The van der Waals surface area contributed by atoms with Crippen LogP contribution < -0.4 is 5.59 Å². The van der Waals surface area contributed by atoms with Crippen LogP contribution in [0.15, 0.2) is 12.3 Å². The van der Waals surface area contributed by atoms with Crippen LogP contribution in [0.25, 0.3) is 0 Å². The van der Waals surface area contributed by atoms with E-state index in [0.29, 0.717) is 3.57 Å². The summed E-state index contributed by atoms with van der Waals surface area (Å²) in [7, 11) is 1.83. The number of rotatable bonds is 0. The van der Waals surface area contributed by atoms with E-state index >= 15 is 0 Å². The SMILES string of the molecule is Bc1cc(I)c(F)cn1. The molecule has 0 amide bonds. The second-order valence-corrected chi connectivity index (χ2v) is 2.90. The maximum atomic E-state index is 12.4. The molecular weight excluding hydrogens is 231 g/mol. The number of hydrogen-bond donors (Lipinski definition) is 0. The normalized spacial score (nSPS) is 9.56. The number of nitrogens with zero attached hydrogens (tertiary/aromatic N) is 1. The standard InChI is InChI=1S/C5H4BFIN/c6-5-1-4(8)3(7)2-9-5/h1-2H,6H2. The summed E-state index contributed by atoms with van der Waals surface area (Å²) in [5.41, 5.74) is 0.848. The largest absolute Gasteiger partial charge is 0.269 e. The minimum Gasteiger partial charge on any atom is -0.269 e. The lowest BCUT2D eigenvalue weighted by Crippen LogP contribution is -2.08. The minimum atomic E-state index is -0.249. The van der Waals surface area contributed by atoms with E-state index in [2.05, 4.69) is 4.98 Å². The molecule has 1 rings (SSSR count). The van der Waals surface area contributed by atoms with Gasteiger partial charge >= 0.3 is 0 Å². The fourth-order valence-corrected chi connectivity index (χ4v) is 1.10. The molecule has 0 unspecified atom stereocenters. The summed E-state index contributed by atoms with van der Waals surface area (Å²) < 4.78 is 13.1. The average molecular weight is 235 g/mol. The lowest BCUT2D eigenvalue weighted by molar-refractivity contribution is 0.615. The van der Waals surface area contributed by atoms with E-state index < -0.39 is 0 Å². The van der Waals surface area contributed by atoms with Crippen LogP contribution in [-0.2, 0) is 0 Å². The molecule has 1 aromatic heterocycles. The fourth-order valence-electron chi connectivity index (χ4n) is 0.510. The Morgan fingerprint density at radius 1 is 1.67 bits per heavy atom. The van der Waals surface area contributed by atoms with Crippen molar-refractivity contribution in [3.63, 3.8) is 0 Å². The zero-order valence-electron chi connectivity index (χ0n) is 4.86. The summed E-state index contributed by atoms with van der Waals surface area (Å²) in [4.78, 5) is 3.76. The van der Waals surface area contributed by atoms with E-state index in [1.54, 1.807) is 6.07 Å². The zero-order chi connectivity index (χ0) is 6.85. The predicted molar refractivity (Wildman–Crippen MR) is 45.1 cm³/mol. The molecule has 1 nitrogen and oxygen atoms in total. The van der Waals surface area contributed by atoms with Gasteiger partial charge in [-0.2, -0.15) is 0 Å².